The molecule has 1 aromatic heterocycles. The topological polar surface area (TPSA) is 87.5 Å². The van der Waals surface area contributed by atoms with E-state index in [1.54, 1.807) is 4.68 Å². The Hall–Kier alpha value is -1.51. The van der Waals surface area contributed by atoms with Crippen LogP contribution in [0.5, 0.6) is 0 Å². The summed E-state index contributed by atoms with van der Waals surface area (Å²) in [5, 5.41) is 10.6. The number of hydrogen-bond acceptors (Lipinski definition) is 6. The van der Waals surface area contributed by atoms with E-state index in [1.165, 1.54) is 6.92 Å². The Balaban J connectivity index is 1.81. The van der Waals surface area contributed by atoms with Crippen LogP contribution in [0.15, 0.2) is 6.20 Å². The molecule has 0 atom stereocenters. The number of nitrogens with zero attached hydrogens (tertiary/aromatic N) is 3. The Morgan fingerprint density at radius 2 is 2.09 bits per heavy atom. The number of carbonyl (C=O) groups is 1. The number of carbonyl (C=O) groups excluding carboxylic acids is 1. The fourth-order valence-electron chi connectivity index (χ4n) is 1.58. The molecule has 22 heavy (non-hydrogen) atoms. The van der Waals surface area contributed by atoms with Gasteiger partial charge in [0.2, 0.25) is 5.91 Å². The molecule has 0 spiro atoms. The summed E-state index contributed by atoms with van der Waals surface area (Å²) in [6, 6.07) is 0. The van der Waals surface area contributed by atoms with Crippen LogP contribution in [0.1, 0.15) is 32.4 Å². The number of rotatable bonds is 13. The summed E-state index contributed by atoms with van der Waals surface area (Å²) in [7, 11) is 0. The third kappa shape index (κ3) is 9.43. The molecule has 1 amide bonds. The van der Waals surface area contributed by atoms with Crippen LogP contribution in [0.3, 0.4) is 0 Å². The van der Waals surface area contributed by atoms with Crippen molar-refractivity contribution < 1.29 is 19.3 Å². The molecule has 0 saturated heterocycles. The molecule has 8 heteroatoms. The van der Waals surface area contributed by atoms with Crippen molar-refractivity contribution in [3.63, 3.8) is 0 Å². The molecule has 0 fully saturated rings. The molecule has 1 N–H and O–H groups in total. The van der Waals surface area contributed by atoms with E-state index in [4.69, 9.17) is 14.5 Å². The standard InChI is InChI=1S/C14H25N4O4/c1-3-14-12-18(17-16-14)7-9-20-10-11-22-21-8-5-4-6-15-13(2)19/h3,12H,4-11H2,1-2H3,(H,15,19). The molecule has 0 aliphatic rings. The number of unbranched alkanes of at least 4 members (excludes halogenated alkanes) is 1. The van der Waals surface area contributed by atoms with E-state index in [0.29, 0.717) is 39.5 Å². The van der Waals surface area contributed by atoms with Crippen LogP contribution in [0, 0.1) is 6.42 Å². The Bertz CT molecular complexity index is 411. The van der Waals surface area contributed by atoms with Gasteiger partial charge in [-0.2, -0.15) is 0 Å². The van der Waals surface area contributed by atoms with E-state index in [2.05, 4.69) is 15.6 Å². The number of aromatic nitrogens is 3. The minimum atomic E-state index is -0.00994. The molecule has 0 saturated carbocycles. The maximum Gasteiger partial charge on any atom is 0.216 e. The first-order valence-corrected chi connectivity index (χ1v) is 7.48. The summed E-state index contributed by atoms with van der Waals surface area (Å²) in [5.74, 6) is -0.00994. The summed E-state index contributed by atoms with van der Waals surface area (Å²) in [6.07, 6.45) is 5.47. The lowest BCUT2D eigenvalue weighted by atomic mass is 10.3. The summed E-state index contributed by atoms with van der Waals surface area (Å²) < 4.78 is 7.14. The van der Waals surface area contributed by atoms with Gasteiger partial charge in [-0.3, -0.25) is 4.79 Å². The molecule has 1 aromatic rings. The van der Waals surface area contributed by atoms with Crippen LogP contribution >= 0.6 is 0 Å². The largest absolute Gasteiger partial charge is 0.377 e. The zero-order valence-electron chi connectivity index (χ0n) is 13.3. The van der Waals surface area contributed by atoms with Crippen LogP contribution in [-0.4, -0.2) is 53.9 Å². The number of amides is 1. The summed E-state index contributed by atoms with van der Waals surface area (Å²) >= 11 is 0. The van der Waals surface area contributed by atoms with E-state index in [1.807, 2.05) is 19.5 Å². The summed E-state index contributed by atoms with van der Waals surface area (Å²) in [6.45, 7) is 6.66. The lowest BCUT2D eigenvalue weighted by Crippen LogP contribution is -2.21. The van der Waals surface area contributed by atoms with Gasteiger partial charge in [0, 0.05) is 26.1 Å². The first-order valence-electron chi connectivity index (χ1n) is 7.48. The normalized spacial score (nSPS) is 10.8. The highest BCUT2D eigenvalue weighted by Crippen LogP contribution is 1.95. The van der Waals surface area contributed by atoms with E-state index in [9.17, 15) is 4.79 Å². The first-order chi connectivity index (χ1) is 10.7. The second kappa shape index (κ2) is 12.1. The molecule has 0 aromatic carbocycles. The molecule has 1 heterocycles. The van der Waals surface area contributed by atoms with Gasteiger partial charge in [-0.25, -0.2) is 14.5 Å². The fraction of sp³-hybridized carbons (Fsp3) is 0.714. The quantitative estimate of drug-likeness (QED) is 0.328. The molecular weight excluding hydrogens is 288 g/mol. The second-order valence-electron chi connectivity index (χ2n) is 4.64. The van der Waals surface area contributed by atoms with Crippen molar-refractivity contribution in [1.29, 1.82) is 0 Å². The summed E-state index contributed by atoms with van der Waals surface area (Å²) in [5.41, 5.74) is 0.857. The van der Waals surface area contributed by atoms with E-state index >= 15 is 0 Å². The van der Waals surface area contributed by atoms with Crippen LogP contribution in [0.25, 0.3) is 0 Å². The lowest BCUT2D eigenvalue weighted by Gasteiger charge is -2.06. The third-order valence-electron chi connectivity index (χ3n) is 2.74. The Morgan fingerprint density at radius 1 is 1.27 bits per heavy atom. The highest BCUT2D eigenvalue weighted by Gasteiger charge is 1.98. The van der Waals surface area contributed by atoms with E-state index < -0.39 is 0 Å². The van der Waals surface area contributed by atoms with Crippen LogP contribution in [-0.2, 0) is 25.9 Å². The van der Waals surface area contributed by atoms with Gasteiger partial charge in [-0.1, -0.05) is 12.1 Å². The maximum absolute atomic E-state index is 10.6. The third-order valence-corrected chi connectivity index (χ3v) is 2.74. The van der Waals surface area contributed by atoms with Gasteiger partial charge in [0.1, 0.15) is 6.61 Å². The van der Waals surface area contributed by atoms with Crippen molar-refractivity contribution >= 4 is 5.91 Å². The zero-order chi connectivity index (χ0) is 16.0. The molecule has 1 rings (SSSR count). The smallest absolute Gasteiger partial charge is 0.216 e. The summed E-state index contributed by atoms with van der Waals surface area (Å²) in [4.78, 5) is 20.6. The van der Waals surface area contributed by atoms with E-state index in [-0.39, 0.29) is 5.91 Å². The van der Waals surface area contributed by atoms with Gasteiger partial charge in [-0.15, -0.1) is 5.10 Å². The molecule has 8 nitrogen and oxygen atoms in total. The van der Waals surface area contributed by atoms with Crippen LogP contribution < -0.4 is 5.32 Å². The monoisotopic (exact) mass is 313 g/mol. The van der Waals surface area contributed by atoms with Crippen molar-refractivity contribution in [3.05, 3.63) is 18.3 Å². The highest BCUT2D eigenvalue weighted by atomic mass is 17.2. The maximum atomic E-state index is 10.6. The van der Waals surface area contributed by atoms with E-state index in [0.717, 1.165) is 18.5 Å². The van der Waals surface area contributed by atoms with Crippen LogP contribution in [0.2, 0.25) is 0 Å². The van der Waals surface area contributed by atoms with Crippen molar-refractivity contribution in [2.24, 2.45) is 0 Å². The molecule has 125 valence electrons. The van der Waals surface area contributed by atoms with Crippen molar-refractivity contribution in [2.45, 2.75) is 33.2 Å². The first kappa shape index (κ1) is 18.5. The van der Waals surface area contributed by atoms with Gasteiger partial charge in [0.15, 0.2) is 0 Å². The lowest BCUT2D eigenvalue weighted by molar-refractivity contribution is -0.299. The van der Waals surface area contributed by atoms with Gasteiger partial charge < -0.3 is 10.1 Å². The highest BCUT2D eigenvalue weighted by molar-refractivity contribution is 5.72. The molecule has 0 aliphatic heterocycles. The minimum Gasteiger partial charge on any atom is -0.377 e. The number of nitrogens with one attached hydrogen (secondary N) is 1. The molecule has 0 aliphatic carbocycles. The number of ether oxygens (including phenoxy) is 1. The van der Waals surface area contributed by atoms with Crippen molar-refractivity contribution in [3.8, 4) is 0 Å². The van der Waals surface area contributed by atoms with Gasteiger partial charge in [0.25, 0.3) is 0 Å². The number of hydrogen-bond donors (Lipinski definition) is 1. The fourth-order valence-corrected chi connectivity index (χ4v) is 1.58. The van der Waals surface area contributed by atoms with Gasteiger partial charge in [-0.05, 0) is 12.8 Å². The molecule has 1 radical (unpaired) electrons. The van der Waals surface area contributed by atoms with Crippen molar-refractivity contribution in [1.82, 2.24) is 20.3 Å². The predicted octanol–water partition coefficient (Wildman–Crippen LogP) is 0.731. The Morgan fingerprint density at radius 3 is 2.82 bits per heavy atom. The molecular formula is C14H25N4O4. The average Bonchev–Trinajstić information content (AvgIpc) is 2.96. The van der Waals surface area contributed by atoms with Crippen molar-refractivity contribution in [2.75, 3.05) is 33.0 Å². The second-order valence-corrected chi connectivity index (χ2v) is 4.64. The molecule has 0 unspecified atom stereocenters. The predicted molar refractivity (Wildman–Crippen MR) is 79.7 cm³/mol. The van der Waals surface area contributed by atoms with Gasteiger partial charge >= 0.3 is 0 Å². The zero-order valence-corrected chi connectivity index (χ0v) is 13.3. The average molecular weight is 313 g/mol. The van der Waals surface area contributed by atoms with Gasteiger partial charge in [0.05, 0.1) is 32.1 Å². The molecule has 0 bridgehead atoms. The minimum absolute atomic E-state index is 0.00994. The Labute approximate surface area is 131 Å². The Kier molecular flexibility index (Phi) is 10.2. The SMILES string of the molecule is C[CH]c1cn(CCOCCOOCCCCNC(C)=O)nn1. The van der Waals surface area contributed by atoms with Crippen LogP contribution in [0.4, 0.5) is 0 Å².